The normalized spacial score (nSPS) is 13.1. The average Bonchev–Trinajstić information content (AvgIpc) is 2.29. The number of hydrogen-bond donors (Lipinski definition) is 1. The molecular weight excluding hydrogens is 261 g/mol. The predicted octanol–water partition coefficient (Wildman–Crippen LogP) is 4.05. The van der Waals surface area contributed by atoms with Gasteiger partial charge in [-0.2, -0.15) is 18.4 Å². The van der Waals surface area contributed by atoms with E-state index in [-0.39, 0.29) is 10.8 Å². The van der Waals surface area contributed by atoms with Gasteiger partial charge >= 0.3 is 6.18 Å². The second kappa shape index (κ2) is 5.53. The van der Waals surface area contributed by atoms with E-state index in [1.807, 2.05) is 13.8 Å². The molecule has 18 heavy (non-hydrogen) atoms. The van der Waals surface area contributed by atoms with Crippen molar-refractivity contribution < 1.29 is 13.2 Å². The molecule has 0 spiro atoms. The first-order valence-electron chi connectivity index (χ1n) is 5.37. The van der Waals surface area contributed by atoms with E-state index >= 15 is 0 Å². The standard InChI is InChI=1S/C12H13F3N2S/c1-3-7(2)18-9-4-8(6-16)11(17)10(5-9)12(13,14)15/h4-5,7H,3,17H2,1-2H3. The van der Waals surface area contributed by atoms with Crippen molar-refractivity contribution in [3.8, 4) is 6.07 Å². The van der Waals surface area contributed by atoms with Crippen molar-refractivity contribution in [1.29, 1.82) is 5.26 Å². The highest BCUT2D eigenvalue weighted by atomic mass is 32.2. The van der Waals surface area contributed by atoms with Crippen LogP contribution in [0.15, 0.2) is 17.0 Å². The first-order valence-corrected chi connectivity index (χ1v) is 6.25. The van der Waals surface area contributed by atoms with Gasteiger partial charge in [0.25, 0.3) is 0 Å². The van der Waals surface area contributed by atoms with Gasteiger partial charge in [-0.05, 0) is 18.6 Å². The Morgan fingerprint density at radius 2 is 2.06 bits per heavy atom. The molecule has 0 aliphatic heterocycles. The summed E-state index contributed by atoms with van der Waals surface area (Å²) in [6.45, 7) is 3.87. The van der Waals surface area contributed by atoms with Crippen LogP contribution in [0, 0.1) is 11.3 Å². The smallest absolute Gasteiger partial charge is 0.397 e. The molecule has 0 amide bonds. The molecule has 1 unspecified atom stereocenters. The van der Waals surface area contributed by atoms with Crippen molar-refractivity contribution in [2.24, 2.45) is 0 Å². The van der Waals surface area contributed by atoms with Gasteiger partial charge in [0.1, 0.15) is 6.07 Å². The summed E-state index contributed by atoms with van der Waals surface area (Å²) in [5, 5.41) is 9.00. The Kier molecular flexibility index (Phi) is 4.52. The van der Waals surface area contributed by atoms with E-state index in [1.165, 1.54) is 17.8 Å². The SMILES string of the molecule is CCC(C)Sc1cc(C#N)c(N)c(C(F)(F)F)c1. The topological polar surface area (TPSA) is 49.8 Å². The van der Waals surface area contributed by atoms with Gasteiger partial charge in [-0.3, -0.25) is 0 Å². The van der Waals surface area contributed by atoms with E-state index in [0.717, 1.165) is 12.5 Å². The number of anilines is 1. The number of nitrogen functional groups attached to an aromatic ring is 1. The summed E-state index contributed by atoms with van der Waals surface area (Å²) in [6.07, 6.45) is -3.71. The van der Waals surface area contributed by atoms with Gasteiger partial charge in [0.15, 0.2) is 0 Å². The van der Waals surface area contributed by atoms with Gasteiger partial charge < -0.3 is 5.73 Å². The highest BCUT2D eigenvalue weighted by Crippen LogP contribution is 2.38. The molecule has 0 aliphatic rings. The van der Waals surface area contributed by atoms with Crippen molar-refractivity contribution >= 4 is 17.4 Å². The van der Waals surface area contributed by atoms with Gasteiger partial charge in [0.05, 0.1) is 16.8 Å². The summed E-state index contributed by atoms with van der Waals surface area (Å²) in [6, 6.07) is 4.11. The molecule has 2 nitrogen and oxygen atoms in total. The molecule has 0 fully saturated rings. The number of nitriles is 1. The summed E-state index contributed by atoms with van der Waals surface area (Å²) in [4.78, 5) is 0.419. The Morgan fingerprint density at radius 1 is 1.44 bits per heavy atom. The Bertz CT molecular complexity index is 477. The molecule has 1 rings (SSSR count). The molecular formula is C12H13F3N2S. The zero-order valence-electron chi connectivity index (χ0n) is 10.0. The van der Waals surface area contributed by atoms with Crippen LogP contribution >= 0.6 is 11.8 Å². The maximum atomic E-state index is 12.8. The highest BCUT2D eigenvalue weighted by Gasteiger charge is 2.34. The molecule has 0 radical (unpaired) electrons. The van der Waals surface area contributed by atoms with Gasteiger partial charge in [-0.1, -0.05) is 13.8 Å². The van der Waals surface area contributed by atoms with Crippen molar-refractivity contribution in [1.82, 2.24) is 0 Å². The lowest BCUT2D eigenvalue weighted by atomic mass is 10.1. The molecule has 1 atom stereocenters. The number of thioether (sulfide) groups is 1. The number of hydrogen-bond acceptors (Lipinski definition) is 3. The Labute approximate surface area is 108 Å². The van der Waals surface area contributed by atoms with Gasteiger partial charge in [-0.15, -0.1) is 11.8 Å². The van der Waals surface area contributed by atoms with E-state index < -0.39 is 17.4 Å². The average molecular weight is 274 g/mol. The lowest BCUT2D eigenvalue weighted by molar-refractivity contribution is -0.137. The molecule has 98 valence electrons. The van der Waals surface area contributed by atoms with Crippen LogP contribution in [-0.2, 0) is 6.18 Å². The van der Waals surface area contributed by atoms with Crippen LogP contribution in [0.3, 0.4) is 0 Å². The number of nitrogens with two attached hydrogens (primary N) is 1. The number of alkyl halides is 3. The largest absolute Gasteiger partial charge is 0.418 e. The third-order valence-corrected chi connectivity index (χ3v) is 3.74. The van der Waals surface area contributed by atoms with E-state index in [4.69, 9.17) is 11.0 Å². The molecule has 0 aliphatic carbocycles. The third-order valence-electron chi connectivity index (χ3n) is 2.49. The molecule has 0 saturated carbocycles. The minimum Gasteiger partial charge on any atom is -0.397 e. The predicted molar refractivity (Wildman–Crippen MR) is 66.2 cm³/mol. The molecule has 1 aromatic carbocycles. The Balaban J connectivity index is 3.28. The zero-order valence-corrected chi connectivity index (χ0v) is 10.8. The monoisotopic (exact) mass is 274 g/mol. The first kappa shape index (κ1) is 14.7. The maximum Gasteiger partial charge on any atom is 0.418 e. The fourth-order valence-corrected chi connectivity index (χ4v) is 2.34. The minimum atomic E-state index is -4.54. The number of benzene rings is 1. The molecule has 0 bridgehead atoms. The summed E-state index contributed by atoms with van der Waals surface area (Å²) >= 11 is 1.31. The maximum absolute atomic E-state index is 12.8. The van der Waals surface area contributed by atoms with E-state index in [1.54, 1.807) is 6.07 Å². The second-order valence-electron chi connectivity index (χ2n) is 3.88. The van der Waals surface area contributed by atoms with Crippen LogP contribution in [0.1, 0.15) is 31.4 Å². The summed E-state index contributed by atoms with van der Waals surface area (Å²) in [5.74, 6) is 0. The lowest BCUT2D eigenvalue weighted by Crippen LogP contribution is -2.10. The molecule has 2 N–H and O–H groups in total. The first-order chi connectivity index (χ1) is 8.29. The number of nitrogens with zero attached hydrogens (tertiary/aromatic N) is 1. The number of halogens is 3. The summed E-state index contributed by atoms with van der Waals surface area (Å²) < 4.78 is 38.3. The summed E-state index contributed by atoms with van der Waals surface area (Å²) in [5.41, 5.74) is 3.79. The Morgan fingerprint density at radius 3 is 2.50 bits per heavy atom. The van der Waals surface area contributed by atoms with Gasteiger partial charge in [-0.25, -0.2) is 0 Å². The van der Waals surface area contributed by atoms with E-state index in [9.17, 15) is 13.2 Å². The fraction of sp³-hybridized carbons (Fsp3) is 0.417. The van der Waals surface area contributed by atoms with E-state index in [2.05, 4.69) is 0 Å². The zero-order chi connectivity index (χ0) is 13.9. The second-order valence-corrected chi connectivity index (χ2v) is 5.39. The molecule has 6 heteroatoms. The fourth-order valence-electron chi connectivity index (χ4n) is 1.34. The molecule has 0 saturated heterocycles. The van der Waals surface area contributed by atoms with Crippen LogP contribution in [0.25, 0.3) is 0 Å². The van der Waals surface area contributed by atoms with Crippen molar-refractivity contribution in [2.75, 3.05) is 5.73 Å². The van der Waals surface area contributed by atoms with Crippen molar-refractivity contribution in [2.45, 2.75) is 36.6 Å². The summed E-state index contributed by atoms with van der Waals surface area (Å²) in [7, 11) is 0. The van der Waals surface area contributed by atoms with Crippen LogP contribution in [0.2, 0.25) is 0 Å². The quantitative estimate of drug-likeness (QED) is 0.668. The lowest BCUT2D eigenvalue weighted by Gasteiger charge is -2.15. The molecule has 1 aromatic rings. The van der Waals surface area contributed by atoms with Crippen LogP contribution in [0.5, 0.6) is 0 Å². The highest BCUT2D eigenvalue weighted by molar-refractivity contribution is 7.99. The van der Waals surface area contributed by atoms with Crippen LogP contribution in [-0.4, -0.2) is 5.25 Å². The van der Waals surface area contributed by atoms with Gasteiger partial charge in [0.2, 0.25) is 0 Å². The van der Waals surface area contributed by atoms with Crippen LogP contribution in [0.4, 0.5) is 18.9 Å². The molecule has 0 aromatic heterocycles. The molecule has 0 heterocycles. The van der Waals surface area contributed by atoms with Gasteiger partial charge in [0, 0.05) is 10.1 Å². The minimum absolute atomic E-state index is 0.129. The van der Waals surface area contributed by atoms with Crippen molar-refractivity contribution in [3.05, 3.63) is 23.3 Å². The third kappa shape index (κ3) is 3.33. The van der Waals surface area contributed by atoms with E-state index in [0.29, 0.717) is 4.90 Å². The van der Waals surface area contributed by atoms with Crippen molar-refractivity contribution in [3.63, 3.8) is 0 Å². The van der Waals surface area contributed by atoms with Crippen LogP contribution < -0.4 is 5.73 Å². The Hall–Kier alpha value is -1.35. The number of rotatable bonds is 3.